The Labute approximate surface area is 89.9 Å². The van der Waals surface area contributed by atoms with Crippen molar-refractivity contribution in [2.75, 3.05) is 27.2 Å². The van der Waals surface area contributed by atoms with Crippen molar-refractivity contribution in [3.63, 3.8) is 0 Å². The second-order valence-electron chi connectivity index (χ2n) is 4.17. The molecule has 1 saturated heterocycles. The maximum absolute atomic E-state index is 3.42. The molecule has 2 heterocycles. The molecule has 2 atom stereocenters. The minimum atomic E-state index is 0.623. The van der Waals surface area contributed by atoms with E-state index in [0.717, 1.165) is 6.54 Å². The Morgan fingerprint density at radius 2 is 2.21 bits per heavy atom. The lowest BCUT2D eigenvalue weighted by atomic mass is 10.0. The molecule has 0 aliphatic carbocycles. The van der Waals surface area contributed by atoms with Crippen molar-refractivity contribution in [3.05, 3.63) is 21.9 Å². The number of thiophene rings is 1. The molecule has 1 aliphatic rings. The molecule has 2 rings (SSSR count). The van der Waals surface area contributed by atoms with Crippen molar-refractivity contribution in [3.8, 4) is 0 Å². The van der Waals surface area contributed by atoms with Gasteiger partial charge in [0.2, 0.25) is 0 Å². The molecule has 78 valence electrons. The summed E-state index contributed by atoms with van der Waals surface area (Å²) in [6.07, 6.45) is 0. The van der Waals surface area contributed by atoms with Gasteiger partial charge in [-0.2, -0.15) is 0 Å². The fraction of sp³-hybridized carbons (Fsp3) is 0.636. The zero-order chi connectivity index (χ0) is 10.1. The van der Waals surface area contributed by atoms with Gasteiger partial charge in [0.1, 0.15) is 0 Å². The normalized spacial score (nSPS) is 28.5. The second kappa shape index (κ2) is 4.01. The van der Waals surface area contributed by atoms with E-state index >= 15 is 0 Å². The summed E-state index contributed by atoms with van der Waals surface area (Å²) in [6, 6.07) is 5.14. The number of hydrogen-bond donors (Lipinski definition) is 1. The zero-order valence-electron chi connectivity index (χ0n) is 9.08. The third kappa shape index (κ3) is 1.85. The Balaban J connectivity index is 2.17. The Bertz CT molecular complexity index is 308. The highest BCUT2D eigenvalue weighted by Gasteiger charge is 2.31. The van der Waals surface area contributed by atoms with Gasteiger partial charge in [-0.1, -0.05) is 0 Å². The van der Waals surface area contributed by atoms with Gasteiger partial charge in [0.05, 0.1) is 0 Å². The third-order valence-corrected chi connectivity index (χ3v) is 4.13. The molecule has 0 aromatic carbocycles. The number of aryl methyl sites for hydroxylation is 1. The van der Waals surface area contributed by atoms with Gasteiger partial charge in [-0.15, -0.1) is 11.3 Å². The van der Waals surface area contributed by atoms with Gasteiger partial charge >= 0.3 is 0 Å². The van der Waals surface area contributed by atoms with Crippen LogP contribution in [0.15, 0.2) is 12.1 Å². The number of nitrogens with zero attached hydrogens (tertiary/aromatic N) is 1. The highest BCUT2D eigenvalue weighted by atomic mass is 32.1. The van der Waals surface area contributed by atoms with Crippen molar-refractivity contribution in [2.24, 2.45) is 0 Å². The molecule has 0 radical (unpaired) electrons. The molecule has 1 aliphatic heterocycles. The summed E-state index contributed by atoms with van der Waals surface area (Å²) in [5.74, 6) is 0.684. The highest BCUT2D eigenvalue weighted by molar-refractivity contribution is 7.12. The largest absolute Gasteiger partial charge is 0.315 e. The van der Waals surface area contributed by atoms with Gasteiger partial charge in [0.25, 0.3) is 0 Å². The monoisotopic (exact) mass is 210 g/mol. The Hall–Kier alpha value is -0.380. The van der Waals surface area contributed by atoms with Crippen LogP contribution < -0.4 is 5.32 Å². The topological polar surface area (TPSA) is 15.3 Å². The van der Waals surface area contributed by atoms with E-state index in [4.69, 9.17) is 0 Å². The van der Waals surface area contributed by atoms with Crippen molar-refractivity contribution < 1.29 is 0 Å². The van der Waals surface area contributed by atoms with E-state index < -0.39 is 0 Å². The Morgan fingerprint density at radius 3 is 2.79 bits per heavy atom. The summed E-state index contributed by atoms with van der Waals surface area (Å²) in [7, 11) is 4.27. The molecular weight excluding hydrogens is 192 g/mol. The maximum atomic E-state index is 3.42. The molecule has 1 aromatic rings. The SMILES string of the molecule is CNC1CN(C)CC1c1ccc(C)s1. The summed E-state index contributed by atoms with van der Waals surface area (Å²) in [6.45, 7) is 4.53. The lowest BCUT2D eigenvalue weighted by molar-refractivity contribution is 0.402. The first kappa shape index (κ1) is 10.1. The quantitative estimate of drug-likeness (QED) is 0.799. The van der Waals surface area contributed by atoms with Crippen LogP contribution in [0, 0.1) is 6.92 Å². The predicted octanol–water partition coefficient (Wildman–Crippen LogP) is 1.67. The average Bonchev–Trinajstić information content (AvgIpc) is 2.71. The molecule has 2 unspecified atom stereocenters. The molecule has 2 nitrogen and oxygen atoms in total. The fourth-order valence-electron chi connectivity index (χ4n) is 2.23. The summed E-state index contributed by atoms with van der Waals surface area (Å²) < 4.78 is 0. The first-order chi connectivity index (χ1) is 6.70. The van der Waals surface area contributed by atoms with Crippen LogP contribution in [0.25, 0.3) is 0 Å². The van der Waals surface area contributed by atoms with Crippen LogP contribution in [0.1, 0.15) is 15.7 Å². The summed E-state index contributed by atoms with van der Waals surface area (Å²) >= 11 is 1.94. The summed E-state index contributed by atoms with van der Waals surface area (Å²) in [4.78, 5) is 5.36. The molecule has 0 bridgehead atoms. The van der Waals surface area contributed by atoms with E-state index in [0.29, 0.717) is 12.0 Å². The van der Waals surface area contributed by atoms with Gasteiger partial charge in [0, 0.05) is 34.8 Å². The van der Waals surface area contributed by atoms with Crippen LogP contribution in [0.5, 0.6) is 0 Å². The van der Waals surface area contributed by atoms with Crippen molar-refractivity contribution >= 4 is 11.3 Å². The molecule has 14 heavy (non-hydrogen) atoms. The van der Waals surface area contributed by atoms with E-state index in [2.05, 4.69) is 43.4 Å². The summed E-state index contributed by atoms with van der Waals surface area (Å²) in [5.41, 5.74) is 0. The van der Waals surface area contributed by atoms with Gasteiger partial charge in [-0.05, 0) is 33.2 Å². The predicted molar refractivity (Wildman–Crippen MR) is 62.1 cm³/mol. The van der Waals surface area contributed by atoms with E-state index in [-0.39, 0.29) is 0 Å². The smallest absolute Gasteiger partial charge is 0.0280 e. The number of nitrogens with one attached hydrogen (secondary N) is 1. The van der Waals surface area contributed by atoms with Gasteiger partial charge < -0.3 is 10.2 Å². The van der Waals surface area contributed by atoms with E-state index in [9.17, 15) is 0 Å². The molecule has 0 spiro atoms. The number of likely N-dealkylation sites (tertiary alicyclic amines) is 1. The van der Waals surface area contributed by atoms with Crippen LogP contribution in [-0.2, 0) is 0 Å². The molecule has 3 heteroatoms. The minimum Gasteiger partial charge on any atom is -0.315 e. The van der Waals surface area contributed by atoms with E-state index in [1.165, 1.54) is 16.3 Å². The van der Waals surface area contributed by atoms with Gasteiger partial charge in [-0.3, -0.25) is 0 Å². The van der Waals surface area contributed by atoms with E-state index in [1.807, 2.05) is 11.3 Å². The van der Waals surface area contributed by atoms with Gasteiger partial charge in [-0.25, -0.2) is 0 Å². The first-order valence-corrected chi connectivity index (χ1v) is 5.94. The third-order valence-electron chi connectivity index (χ3n) is 3.00. The van der Waals surface area contributed by atoms with Crippen LogP contribution in [0.4, 0.5) is 0 Å². The zero-order valence-corrected chi connectivity index (χ0v) is 9.90. The second-order valence-corrected chi connectivity index (χ2v) is 5.49. The first-order valence-electron chi connectivity index (χ1n) is 5.13. The van der Waals surface area contributed by atoms with Crippen LogP contribution in [0.2, 0.25) is 0 Å². The van der Waals surface area contributed by atoms with Crippen LogP contribution in [0.3, 0.4) is 0 Å². The summed E-state index contributed by atoms with van der Waals surface area (Å²) in [5, 5.41) is 3.42. The molecule has 0 amide bonds. The lowest BCUT2D eigenvalue weighted by Gasteiger charge is -2.15. The molecule has 0 saturated carbocycles. The van der Waals surface area contributed by atoms with Crippen LogP contribution in [-0.4, -0.2) is 38.1 Å². The van der Waals surface area contributed by atoms with Crippen molar-refractivity contribution in [1.29, 1.82) is 0 Å². The Kier molecular flexibility index (Phi) is 2.91. The van der Waals surface area contributed by atoms with Crippen molar-refractivity contribution in [2.45, 2.75) is 18.9 Å². The lowest BCUT2D eigenvalue weighted by Crippen LogP contribution is -2.31. The van der Waals surface area contributed by atoms with Crippen molar-refractivity contribution in [1.82, 2.24) is 10.2 Å². The number of hydrogen-bond acceptors (Lipinski definition) is 3. The maximum Gasteiger partial charge on any atom is 0.0280 e. The van der Waals surface area contributed by atoms with Crippen LogP contribution >= 0.6 is 11.3 Å². The molecule has 1 aromatic heterocycles. The minimum absolute atomic E-state index is 0.623. The van der Waals surface area contributed by atoms with Gasteiger partial charge in [0.15, 0.2) is 0 Å². The van der Waals surface area contributed by atoms with E-state index in [1.54, 1.807) is 0 Å². The molecule has 1 N–H and O–H groups in total. The fourth-order valence-corrected chi connectivity index (χ4v) is 3.27. The number of rotatable bonds is 2. The molecular formula is C11H18N2S. The number of likely N-dealkylation sites (N-methyl/N-ethyl adjacent to an activating group) is 2. The average molecular weight is 210 g/mol. The standard InChI is InChI=1S/C11H18N2S/c1-8-4-5-11(14-8)9-6-13(3)7-10(9)12-2/h4-5,9-10,12H,6-7H2,1-3H3. The highest BCUT2D eigenvalue weighted by Crippen LogP contribution is 2.31. The Morgan fingerprint density at radius 1 is 1.43 bits per heavy atom. The molecule has 1 fully saturated rings.